The lowest BCUT2D eigenvalue weighted by Crippen LogP contribution is -2.43. The minimum Gasteiger partial charge on any atom is -0.382 e. The number of hydrogen-bond donors (Lipinski definition) is 2. The number of nitrogens with two attached hydrogens (primary N) is 1. The van der Waals surface area contributed by atoms with E-state index in [0.29, 0.717) is 22.8 Å². The Morgan fingerprint density at radius 2 is 2.19 bits per heavy atom. The summed E-state index contributed by atoms with van der Waals surface area (Å²) in [4.78, 5) is 19.7. The van der Waals surface area contributed by atoms with E-state index in [1.807, 2.05) is 4.90 Å². The topological polar surface area (TPSA) is 71.2 Å². The number of piperidine rings is 1. The summed E-state index contributed by atoms with van der Waals surface area (Å²) in [5.74, 6) is 0.449. The zero-order chi connectivity index (χ0) is 14.8. The molecule has 2 fully saturated rings. The first-order valence-electron chi connectivity index (χ1n) is 8.03. The van der Waals surface area contributed by atoms with Gasteiger partial charge < -0.3 is 16.0 Å². The van der Waals surface area contributed by atoms with Crippen LogP contribution < -0.4 is 11.1 Å². The molecular formula is C15H24N4OS. The van der Waals surface area contributed by atoms with Crippen LogP contribution in [0.1, 0.15) is 61.5 Å². The maximum Gasteiger partial charge on any atom is 0.268 e. The van der Waals surface area contributed by atoms with Crippen molar-refractivity contribution in [2.75, 3.05) is 17.6 Å². The van der Waals surface area contributed by atoms with Crippen LogP contribution in [0.15, 0.2) is 0 Å². The predicted octanol–water partition coefficient (Wildman–Crippen LogP) is 3.09. The van der Waals surface area contributed by atoms with Gasteiger partial charge in [0.15, 0.2) is 5.13 Å². The Morgan fingerprint density at radius 1 is 1.38 bits per heavy atom. The Balaban J connectivity index is 1.73. The highest BCUT2D eigenvalue weighted by atomic mass is 32.1. The molecule has 116 valence electrons. The lowest BCUT2D eigenvalue weighted by Gasteiger charge is -2.35. The first kappa shape index (κ1) is 14.6. The van der Waals surface area contributed by atoms with E-state index in [9.17, 15) is 4.79 Å². The molecule has 21 heavy (non-hydrogen) atoms. The first-order valence-corrected chi connectivity index (χ1v) is 8.84. The molecule has 5 nitrogen and oxygen atoms in total. The highest BCUT2D eigenvalue weighted by molar-refractivity contribution is 7.18. The number of amides is 1. The quantitative estimate of drug-likeness (QED) is 0.896. The summed E-state index contributed by atoms with van der Waals surface area (Å²) >= 11 is 1.41. The van der Waals surface area contributed by atoms with Crippen LogP contribution >= 0.6 is 11.3 Å². The van der Waals surface area contributed by atoms with Gasteiger partial charge in [0, 0.05) is 18.6 Å². The van der Waals surface area contributed by atoms with Gasteiger partial charge in [0.05, 0.1) is 0 Å². The molecule has 0 aromatic carbocycles. The highest BCUT2D eigenvalue weighted by Crippen LogP contribution is 2.32. The zero-order valence-corrected chi connectivity index (χ0v) is 13.4. The van der Waals surface area contributed by atoms with Crippen molar-refractivity contribution in [3.63, 3.8) is 0 Å². The van der Waals surface area contributed by atoms with Crippen LogP contribution in [0, 0.1) is 0 Å². The molecule has 1 aromatic rings. The van der Waals surface area contributed by atoms with Crippen LogP contribution in [0.5, 0.6) is 0 Å². The third-order valence-electron chi connectivity index (χ3n) is 4.64. The largest absolute Gasteiger partial charge is 0.382 e. The number of likely N-dealkylation sites (tertiary alicyclic amines) is 1. The average Bonchev–Trinajstić information content (AvgIpc) is 2.83. The monoisotopic (exact) mass is 308 g/mol. The van der Waals surface area contributed by atoms with Gasteiger partial charge in [-0.1, -0.05) is 18.3 Å². The molecule has 1 aliphatic carbocycles. The van der Waals surface area contributed by atoms with E-state index in [4.69, 9.17) is 5.73 Å². The van der Waals surface area contributed by atoms with Crippen LogP contribution in [-0.2, 0) is 0 Å². The molecule has 0 bridgehead atoms. The van der Waals surface area contributed by atoms with Gasteiger partial charge in [-0.05, 0) is 44.9 Å². The fourth-order valence-corrected chi connectivity index (χ4v) is 4.01. The van der Waals surface area contributed by atoms with Crippen molar-refractivity contribution in [1.82, 2.24) is 9.88 Å². The van der Waals surface area contributed by atoms with Gasteiger partial charge in [0.2, 0.25) is 0 Å². The molecule has 0 spiro atoms. The molecule has 1 amide bonds. The van der Waals surface area contributed by atoms with Crippen molar-refractivity contribution in [3.8, 4) is 0 Å². The smallest absolute Gasteiger partial charge is 0.268 e. The van der Waals surface area contributed by atoms with Gasteiger partial charge in [0.25, 0.3) is 5.91 Å². The molecule has 1 saturated carbocycles. The summed E-state index contributed by atoms with van der Waals surface area (Å²) in [5.41, 5.74) is 5.98. The molecule has 0 radical (unpaired) electrons. The Kier molecular flexibility index (Phi) is 4.33. The van der Waals surface area contributed by atoms with E-state index in [0.717, 1.165) is 30.9 Å². The third kappa shape index (κ3) is 3.00. The minimum atomic E-state index is 0.0678. The van der Waals surface area contributed by atoms with E-state index in [2.05, 4.69) is 17.2 Å². The van der Waals surface area contributed by atoms with E-state index < -0.39 is 0 Å². The number of aromatic nitrogens is 1. The SMILES string of the molecule is CCC1CCCCN1C(=O)c1sc(NC2CCC2)nc1N. The molecule has 3 N–H and O–H groups in total. The number of carbonyl (C=O) groups excluding carboxylic acids is 1. The second-order valence-electron chi connectivity index (χ2n) is 6.06. The number of nitrogens with one attached hydrogen (secondary N) is 1. The lowest BCUT2D eigenvalue weighted by molar-refractivity contribution is 0.0614. The Labute approximate surface area is 129 Å². The van der Waals surface area contributed by atoms with E-state index in [1.54, 1.807) is 0 Å². The van der Waals surface area contributed by atoms with Gasteiger partial charge in [-0.25, -0.2) is 4.98 Å². The second kappa shape index (κ2) is 6.22. The van der Waals surface area contributed by atoms with Crippen molar-refractivity contribution in [1.29, 1.82) is 0 Å². The average molecular weight is 308 g/mol. The second-order valence-corrected chi connectivity index (χ2v) is 7.06. The maximum atomic E-state index is 12.8. The van der Waals surface area contributed by atoms with Crippen molar-refractivity contribution in [3.05, 3.63) is 4.88 Å². The minimum absolute atomic E-state index is 0.0678. The fourth-order valence-electron chi connectivity index (χ4n) is 3.10. The van der Waals surface area contributed by atoms with E-state index >= 15 is 0 Å². The Bertz CT molecular complexity index is 512. The Morgan fingerprint density at radius 3 is 2.86 bits per heavy atom. The number of rotatable bonds is 4. The first-order chi connectivity index (χ1) is 10.2. The number of nitrogens with zero attached hydrogens (tertiary/aromatic N) is 2. The molecule has 6 heteroatoms. The van der Waals surface area contributed by atoms with Gasteiger partial charge >= 0.3 is 0 Å². The molecule has 3 rings (SSSR count). The maximum absolute atomic E-state index is 12.8. The molecule has 2 heterocycles. The molecule has 1 aromatic heterocycles. The summed E-state index contributed by atoms with van der Waals surface area (Å²) in [5, 5.41) is 4.18. The predicted molar refractivity (Wildman–Crippen MR) is 86.8 cm³/mol. The normalized spacial score (nSPS) is 22.9. The Hall–Kier alpha value is -1.30. The van der Waals surface area contributed by atoms with Crippen LogP contribution in [-0.4, -0.2) is 34.4 Å². The summed E-state index contributed by atoms with van der Waals surface area (Å²) in [6, 6.07) is 0.868. The van der Waals surface area contributed by atoms with E-state index in [1.165, 1.54) is 37.0 Å². The molecule has 1 saturated heterocycles. The molecule has 2 aliphatic rings. The molecule has 1 unspecified atom stereocenters. The standard InChI is InChI=1S/C15H24N4OS/c1-2-11-8-3-4-9-19(11)14(20)12-13(16)18-15(21-12)17-10-6-5-7-10/h10-11H,2-9,16H2,1H3,(H,17,18). The fraction of sp³-hybridized carbons (Fsp3) is 0.733. The van der Waals surface area contributed by atoms with Crippen molar-refractivity contribution in [2.45, 2.75) is 64.0 Å². The van der Waals surface area contributed by atoms with Crippen molar-refractivity contribution in [2.24, 2.45) is 0 Å². The number of thiazole rings is 1. The van der Waals surface area contributed by atoms with Crippen LogP contribution in [0.2, 0.25) is 0 Å². The molecule has 1 aliphatic heterocycles. The highest BCUT2D eigenvalue weighted by Gasteiger charge is 2.29. The van der Waals surface area contributed by atoms with Crippen molar-refractivity contribution >= 4 is 28.2 Å². The molecular weight excluding hydrogens is 284 g/mol. The number of anilines is 2. The van der Waals surface area contributed by atoms with Gasteiger partial charge in [-0.2, -0.15) is 0 Å². The van der Waals surface area contributed by atoms with Gasteiger partial charge in [-0.15, -0.1) is 0 Å². The van der Waals surface area contributed by atoms with Crippen molar-refractivity contribution < 1.29 is 4.79 Å². The van der Waals surface area contributed by atoms with Crippen LogP contribution in [0.4, 0.5) is 10.9 Å². The van der Waals surface area contributed by atoms with Crippen LogP contribution in [0.25, 0.3) is 0 Å². The zero-order valence-electron chi connectivity index (χ0n) is 12.6. The third-order valence-corrected chi connectivity index (χ3v) is 5.63. The lowest BCUT2D eigenvalue weighted by atomic mass is 9.93. The molecule has 1 atom stereocenters. The van der Waals surface area contributed by atoms with Gasteiger partial charge in [-0.3, -0.25) is 4.79 Å². The summed E-state index contributed by atoms with van der Waals surface area (Å²) < 4.78 is 0. The van der Waals surface area contributed by atoms with Gasteiger partial charge in [0.1, 0.15) is 10.7 Å². The van der Waals surface area contributed by atoms with E-state index in [-0.39, 0.29) is 5.91 Å². The summed E-state index contributed by atoms with van der Waals surface area (Å²) in [6.07, 6.45) is 8.07. The summed E-state index contributed by atoms with van der Waals surface area (Å²) in [7, 11) is 0. The van der Waals surface area contributed by atoms with Crippen LogP contribution in [0.3, 0.4) is 0 Å². The summed E-state index contributed by atoms with van der Waals surface area (Å²) in [6.45, 7) is 3.00. The number of carbonyl (C=O) groups is 1. The number of nitrogen functional groups attached to an aromatic ring is 1. The number of hydrogen-bond acceptors (Lipinski definition) is 5.